The minimum absolute atomic E-state index is 0.131. The molecule has 0 atom stereocenters. The first-order valence-corrected chi connectivity index (χ1v) is 7.30. The first-order valence-electron chi connectivity index (χ1n) is 7.30. The number of carbonyl (C=O) groups excluding carboxylic acids is 1. The molecule has 0 aliphatic carbocycles. The minimum Gasteiger partial charge on any atom is -0.310 e. The Bertz CT molecular complexity index is 416. The highest BCUT2D eigenvalue weighted by Crippen LogP contribution is 2.22. The monoisotopic (exact) mass is 276 g/mol. The molecule has 0 aliphatic heterocycles. The van der Waals surface area contributed by atoms with Crippen LogP contribution in [0.5, 0.6) is 0 Å². The third kappa shape index (κ3) is 5.85. The molecule has 0 unspecified atom stereocenters. The quantitative estimate of drug-likeness (QED) is 0.614. The van der Waals surface area contributed by atoms with Crippen molar-refractivity contribution in [1.29, 1.82) is 0 Å². The number of benzene rings is 1. The van der Waals surface area contributed by atoms with Gasteiger partial charge in [-0.05, 0) is 44.6 Å². The Morgan fingerprint density at radius 1 is 1.15 bits per heavy atom. The second-order valence-corrected chi connectivity index (χ2v) is 6.58. The fourth-order valence-corrected chi connectivity index (χ4v) is 1.98. The predicted octanol–water partition coefficient (Wildman–Crippen LogP) is 2.71. The summed E-state index contributed by atoms with van der Waals surface area (Å²) in [5.74, 6) is 0.162. The summed E-state index contributed by atoms with van der Waals surface area (Å²) in [6, 6.07) is 7.98. The molecule has 1 aromatic carbocycles. The van der Waals surface area contributed by atoms with E-state index in [1.165, 1.54) is 5.56 Å². The maximum Gasteiger partial charge on any atom is 0.176 e. The summed E-state index contributed by atoms with van der Waals surface area (Å²) < 4.78 is 0. The zero-order valence-corrected chi connectivity index (χ0v) is 13.5. The fraction of sp³-hybridized carbons (Fsp3) is 0.588. The van der Waals surface area contributed by atoms with Gasteiger partial charge < -0.3 is 10.2 Å². The van der Waals surface area contributed by atoms with Crippen LogP contribution in [-0.2, 0) is 5.41 Å². The van der Waals surface area contributed by atoms with Crippen molar-refractivity contribution in [3.05, 3.63) is 35.4 Å². The highest BCUT2D eigenvalue weighted by Gasteiger charge is 2.14. The van der Waals surface area contributed by atoms with Crippen LogP contribution in [0.25, 0.3) is 0 Å². The molecule has 0 amide bonds. The van der Waals surface area contributed by atoms with Crippen LogP contribution in [0.2, 0.25) is 0 Å². The lowest BCUT2D eigenvalue weighted by atomic mass is 9.86. The number of ketones is 1. The number of nitrogens with zero attached hydrogens (tertiary/aromatic N) is 1. The molecule has 0 saturated heterocycles. The molecule has 1 aromatic rings. The highest BCUT2D eigenvalue weighted by atomic mass is 16.1. The molecule has 20 heavy (non-hydrogen) atoms. The van der Waals surface area contributed by atoms with Gasteiger partial charge in [-0.3, -0.25) is 4.79 Å². The van der Waals surface area contributed by atoms with Crippen LogP contribution in [0, 0.1) is 0 Å². The van der Waals surface area contributed by atoms with E-state index in [4.69, 9.17) is 0 Å². The van der Waals surface area contributed by atoms with E-state index in [0.717, 1.165) is 25.1 Å². The minimum atomic E-state index is 0.131. The molecule has 1 rings (SSSR count). The number of Topliss-reactive ketones (excluding diaryl/α,β-unsaturated/α-hetero) is 1. The van der Waals surface area contributed by atoms with Gasteiger partial charge in [0, 0.05) is 5.56 Å². The smallest absolute Gasteiger partial charge is 0.176 e. The Labute approximate surface area is 123 Å². The van der Waals surface area contributed by atoms with Crippen LogP contribution in [0.4, 0.5) is 0 Å². The summed E-state index contributed by atoms with van der Waals surface area (Å²) in [5.41, 5.74) is 2.18. The van der Waals surface area contributed by atoms with Gasteiger partial charge in [0.05, 0.1) is 6.54 Å². The van der Waals surface area contributed by atoms with Gasteiger partial charge in [-0.1, -0.05) is 45.0 Å². The second kappa shape index (κ2) is 7.55. The Morgan fingerprint density at radius 2 is 1.75 bits per heavy atom. The van der Waals surface area contributed by atoms with E-state index < -0.39 is 0 Å². The Hall–Kier alpha value is -1.19. The summed E-state index contributed by atoms with van der Waals surface area (Å²) in [5, 5.41) is 3.21. The van der Waals surface area contributed by atoms with Gasteiger partial charge in [0.2, 0.25) is 0 Å². The zero-order valence-electron chi connectivity index (χ0n) is 13.5. The summed E-state index contributed by atoms with van der Waals surface area (Å²) in [4.78, 5) is 14.2. The Kier molecular flexibility index (Phi) is 6.37. The van der Waals surface area contributed by atoms with E-state index in [1.54, 1.807) is 0 Å². The SMILES string of the molecule is CN(C)CCCNCC(=O)c1ccc(C(C)(C)C)cc1. The molecule has 0 radical (unpaired) electrons. The molecule has 0 spiro atoms. The largest absolute Gasteiger partial charge is 0.310 e. The number of nitrogens with one attached hydrogen (secondary N) is 1. The molecule has 0 heterocycles. The molecular weight excluding hydrogens is 248 g/mol. The Morgan fingerprint density at radius 3 is 2.25 bits per heavy atom. The van der Waals surface area contributed by atoms with Gasteiger partial charge in [0.15, 0.2) is 5.78 Å². The molecule has 0 aromatic heterocycles. The van der Waals surface area contributed by atoms with Crippen LogP contribution in [-0.4, -0.2) is 44.4 Å². The van der Waals surface area contributed by atoms with E-state index in [1.807, 2.05) is 12.1 Å². The predicted molar refractivity (Wildman–Crippen MR) is 85.5 cm³/mol. The van der Waals surface area contributed by atoms with Crippen LogP contribution in [0.3, 0.4) is 0 Å². The molecule has 0 fully saturated rings. The van der Waals surface area contributed by atoms with Crippen molar-refractivity contribution in [2.45, 2.75) is 32.6 Å². The molecule has 0 aliphatic rings. The standard InChI is InChI=1S/C17H28N2O/c1-17(2,3)15-9-7-14(8-10-15)16(20)13-18-11-6-12-19(4)5/h7-10,18H,6,11-13H2,1-5H3. The lowest BCUT2D eigenvalue weighted by molar-refractivity contribution is 0.0991. The molecule has 1 N–H and O–H groups in total. The van der Waals surface area contributed by atoms with Crippen molar-refractivity contribution in [1.82, 2.24) is 10.2 Å². The van der Waals surface area contributed by atoms with Gasteiger partial charge in [-0.2, -0.15) is 0 Å². The summed E-state index contributed by atoms with van der Waals surface area (Å²) in [6.07, 6.45) is 1.06. The van der Waals surface area contributed by atoms with Crippen molar-refractivity contribution < 1.29 is 4.79 Å². The second-order valence-electron chi connectivity index (χ2n) is 6.58. The molecule has 112 valence electrons. The van der Waals surface area contributed by atoms with Crippen LogP contribution >= 0.6 is 0 Å². The summed E-state index contributed by atoms with van der Waals surface area (Å²) in [7, 11) is 4.11. The molecule has 0 saturated carbocycles. The topological polar surface area (TPSA) is 32.3 Å². The van der Waals surface area contributed by atoms with Gasteiger partial charge in [0.25, 0.3) is 0 Å². The van der Waals surface area contributed by atoms with E-state index in [2.05, 4.69) is 57.2 Å². The number of hydrogen-bond donors (Lipinski definition) is 1. The van der Waals surface area contributed by atoms with E-state index in [9.17, 15) is 4.79 Å². The van der Waals surface area contributed by atoms with Crippen LogP contribution in [0.15, 0.2) is 24.3 Å². The van der Waals surface area contributed by atoms with Crippen LogP contribution < -0.4 is 5.32 Å². The third-order valence-electron chi connectivity index (χ3n) is 3.32. The van der Waals surface area contributed by atoms with Gasteiger partial charge in [-0.15, -0.1) is 0 Å². The molecule has 0 bridgehead atoms. The highest BCUT2D eigenvalue weighted by molar-refractivity contribution is 5.97. The van der Waals surface area contributed by atoms with E-state index in [-0.39, 0.29) is 11.2 Å². The van der Waals surface area contributed by atoms with Gasteiger partial charge >= 0.3 is 0 Å². The number of rotatable bonds is 7. The van der Waals surface area contributed by atoms with Crippen LogP contribution in [0.1, 0.15) is 43.1 Å². The lowest BCUT2D eigenvalue weighted by Crippen LogP contribution is -2.26. The average Bonchev–Trinajstić information content (AvgIpc) is 2.37. The van der Waals surface area contributed by atoms with Crippen molar-refractivity contribution >= 4 is 5.78 Å². The summed E-state index contributed by atoms with van der Waals surface area (Å²) in [6.45, 7) is 8.87. The number of hydrogen-bond acceptors (Lipinski definition) is 3. The van der Waals surface area contributed by atoms with Crippen molar-refractivity contribution in [2.75, 3.05) is 33.7 Å². The van der Waals surface area contributed by atoms with Gasteiger partial charge in [0.1, 0.15) is 0 Å². The van der Waals surface area contributed by atoms with Crippen molar-refractivity contribution in [2.24, 2.45) is 0 Å². The first kappa shape index (κ1) is 16.9. The van der Waals surface area contributed by atoms with E-state index >= 15 is 0 Å². The summed E-state index contributed by atoms with van der Waals surface area (Å²) >= 11 is 0. The third-order valence-corrected chi connectivity index (χ3v) is 3.32. The molecule has 3 heteroatoms. The number of carbonyl (C=O) groups is 1. The average molecular weight is 276 g/mol. The zero-order chi connectivity index (χ0) is 15.2. The van der Waals surface area contributed by atoms with Crippen molar-refractivity contribution in [3.63, 3.8) is 0 Å². The molecule has 3 nitrogen and oxygen atoms in total. The van der Waals surface area contributed by atoms with Gasteiger partial charge in [-0.25, -0.2) is 0 Å². The first-order chi connectivity index (χ1) is 9.30. The maximum atomic E-state index is 12.0. The van der Waals surface area contributed by atoms with Crippen molar-refractivity contribution in [3.8, 4) is 0 Å². The Balaban J connectivity index is 2.40. The lowest BCUT2D eigenvalue weighted by Gasteiger charge is -2.19. The molecular formula is C17H28N2O. The normalized spacial score (nSPS) is 11.9. The fourth-order valence-electron chi connectivity index (χ4n) is 1.98. The maximum absolute atomic E-state index is 12.0. The van der Waals surface area contributed by atoms with E-state index in [0.29, 0.717) is 6.54 Å².